The number of aromatic nitrogens is 5. The Kier molecular flexibility index (Phi) is 6.09. The fourth-order valence-electron chi connectivity index (χ4n) is 3.91. The molecule has 0 spiro atoms. The Labute approximate surface area is 195 Å². The van der Waals surface area contributed by atoms with E-state index in [1.165, 1.54) is 0 Å². The highest BCUT2D eigenvalue weighted by Crippen LogP contribution is 2.37. The molecule has 12 heteroatoms. The van der Waals surface area contributed by atoms with Gasteiger partial charge < -0.3 is 5.11 Å². The number of para-hydroxylation sites is 1. The third-order valence-corrected chi connectivity index (χ3v) is 5.88. The van der Waals surface area contributed by atoms with Gasteiger partial charge in [0.25, 0.3) is 5.56 Å². The number of aryl methyl sites for hydroxylation is 1. The molecule has 0 saturated heterocycles. The summed E-state index contributed by atoms with van der Waals surface area (Å²) in [4.78, 5) is 30.0. The van der Waals surface area contributed by atoms with Crippen LogP contribution in [0.25, 0.3) is 22.4 Å². The zero-order valence-corrected chi connectivity index (χ0v) is 19.0. The summed E-state index contributed by atoms with van der Waals surface area (Å²) in [7, 11) is 0. The predicted molar refractivity (Wildman–Crippen MR) is 119 cm³/mol. The van der Waals surface area contributed by atoms with Crippen molar-refractivity contribution in [2.24, 2.45) is 0 Å². The molecule has 1 aromatic carbocycles. The smallest absolute Gasteiger partial charge is 0.388 e. The minimum absolute atomic E-state index is 0.0716. The van der Waals surface area contributed by atoms with Gasteiger partial charge in [0, 0.05) is 18.3 Å². The van der Waals surface area contributed by atoms with Crippen LogP contribution in [0.2, 0.25) is 0 Å². The van der Waals surface area contributed by atoms with E-state index in [0.29, 0.717) is 15.9 Å². The van der Waals surface area contributed by atoms with E-state index in [-0.39, 0.29) is 23.3 Å². The molecule has 0 aliphatic carbocycles. The van der Waals surface area contributed by atoms with Gasteiger partial charge >= 0.3 is 11.9 Å². The number of benzene rings is 1. The second-order valence-electron chi connectivity index (χ2n) is 8.01. The van der Waals surface area contributed by atoms with E-state index in [2.05, 4.69) is 10.1 Å². The van der Waals surface area contributed by atoms with E-state index in [4.69, 9.17) is 0 Å². The third kappa shape index (κ3) is 4.03. The van der Waals surface area contributed by atoms with E-state index >= 15 is 4.39 Å². The molecule has 3 aromatic heterocycles. The maximum atomic E-state index is 15.2. The summed E-state index contributed by atoms with van der Waals surface area (Å²) >= 11 is 0. The molecule has 0 aliphatic heterocycles. The predicted octanol–water partition coefficient (Wildman–Crippen LogP) is 3.36. The van der Waals surface area contributed by atoms with Gasteiger partial charge in [0.05, 0.1) is 22.5 Å². The first-order valence-electron chi connectivity index (χ1n) is 10.7. The minimum atomic E-state index is -4.69. The van der Waals surface area contributed by atoms with Gasteiger partial charge in [-0.3, -0.25) is 13.9 Å². The van der Waals surface area contributed by atoms with Crippen LogP contribution >= 0.6 is 0 Å². The summed E-state index contributed by atoms with van der Waals surface area (Å²) in [5.41, 5.74) is -1.41. The fourth-order valence-corrected chi connectivity index (χ4v) is 3.91. The Morgan fingerprint density at radius 1 is 1.17 bits per heavy atom. The lowest BCUT2D eigenvalue weighted by molar-refractivity contribution is -0.146. The zero-order chi connectivity index (χ0) is 25.7. The van der Waals surface area contributed by atoms with E-state index in [0.717, 1.165) is 28.3 Å². The molecule has 0 saturated carbocycles. The first kappa shape index (κ1) is 24.3. The van der Waals surface area contributed by atoms with Crippen LogP contribution in [0, 0.1) is 12.7 Å². The summed E-state index contributed by atoms with van der Waals surface area (Å²) in [6.07, 6.45) is -3.64. The third-order valence-electron chi connectivity index (χ3n) is 5.88. The first-order chi connectivity index (χ1) is 16.5. The number of nitrogens with zero attached hydrogens (tertiary/aromatic N) is 5. The number of halogens is 4. The van der Waals surface area contributed by atoms with Crippen molar-refractivity contribution in [3.8, 4) is 11.5 Å². The van der Waals surface area contributed by atoms with Crippen LogP contribution in [-0.4, -0.2) is 35.2 Å². The van der Waals surface area contributed by atoms with Gasteiger partial charge in [-0.1, -0.05) is 18.2 Å². The molecule has 1 atom stereocenters. The van der Waals surface area contributed by atoms with Gasteiger partial charge in [-0.15, -0.1) is 5.10 Å². The number of aliphatic hydroxyl groups excluding tert-OH is 1. The SMILES string of the molecule is CCn1c(CO)nn(-c2nc3c(C(C)C(F)(F)F)cn(-c4ccccc4C)c(=O)c3cc2F)c1=O. The van der Waals surface area contributed by atoms with Gasteiger partial charge in [0.1, 0.15) is 6.61 Å². The molecule has 4 rings (SSSR count). The Bertz CT molecular complexity index is 1550. The standard InChI is InChI=1S/C23H21F4N5O3/c1-4-30-18(11-33)29-32(22(30)35)20-16(24)9-14-19(28-20)15(13(3)23(25,26)27)10-31(21(14)34)17-8-6-5-7-12(17)2/h5-10,13,33H,4,11H2,1-3H3. The number of hydrogen-bond donors (Lipinski definition) is 1. The van der Waals surface area contributed by atoms with Crippen molar-refractivity contribution in [1.82, 2.24) is 23.9 Å². The number of alkyl halides is 3. The number of rotatable bonds is 5. The molecule has 1 unspecified atom stereocenters. The Hall–Kier alpha value is -3.80. The number of hydrogen-bond acceptors (Lipinski definition) is 5. The van der Waals surface area contributed by atoms with E-state index in [1.54, 1.807) is 38.1 Å². The van der Waals surface area contributed by atoms with Crippen molar-refractivity contribution in [3.05, 3.63) is 80.1 Å². The summed E-state index contributed by atoms with van der Waals surface area (Å²) < 4.78 is 59.3. The molecule has 3 heterocycles. The maximum Gasteiger partial charge on any atom is 0.395 e. The first-order valence-corrected chi connectivity index (χ1v) is 10.7. The van der Waals surface area contributed by atoms with Crippen molar-refractivity contribution in [2.75, 3.05) is 0 Å². The van der Waals surface area contributed by atoms with Crippen molar-refractivity contribution < 1.29 is 22.7 Å². The lowest BCUT2D eigenvalue weighted by Gasteiger charge is -2.20. The van der Waals surface area contributed by atoms with E-state index in [9.17, 15) is 27.9 Å². The second-order valence-corrected chi connectivity index (χ2v) is 8.01. The molecule has 4 aromatic rings. The normalized spacial score (nSPS) is 12.9. The van der Waals surface area contributed by atoms with Gasteiger partial charge in [-0.05, 0) is 38.5 Å². The molecule has 0 aliphatic rings. The topological polar surface area (TPSA) is 94.9 Å². The number of pyridine rings is 2. The van der Waals surface area contributed by atoms with Crippen LogP contribution in [0.1, 0.15) is 36.7 Å². The lowest BCUT2D eigenvalue weighted by atomic mass is 9.99. The molecule has 1 N–H and O–H groups in total. The van der Waals surface area contributed by atoms with Crippen molar-refractivity contribution in [1.29, 1.82) is 0 Å². The molecular formula is C23H21F4N5O3. The number of aliphatic hydroxyl groups is 1. The lowest BCUT2D eigenvalue weighted by Crippen LogP contribution is -2.27. The van der Waals surface area contributed by atoms with Crippen LogP contribution in [0.4, 0.5) is 17.6 Å². The maximum absolute atomic E-state index is 15.2. The molecular weight excluding hydrogens is 470 g/mol. The Balaban J connectivity index is 2.10. The Morgan fingerprint density at radius 2 is 1.86 bits per heavy atom. The molecule has 35 heavy (non-hydrogen) atoms. The van der Waals surface area contributed by atoms with Gasteiger partial charge in [0.15, 0.2) is 17.5 Å². The quantitative estimate of drug-likeness (QED) is 0.432. The summed E-state index contributed by atoms with van der Waals surface area (Å²) in [5.74, 6) is -3.94. The molecule has 0 amide bonds. The molecule has 0 fully saturated rings. The van der Waals surface area contributed by atoms with Crippen molar-refractivity contribution in [3.63, 3.8) is 0 Å². The highest BCUT2D eigenvalue weighted by atomic mass is 19.4. The summed E-state index contributed by atoms with van der Waals surface area (Å²) in [6.45, 7) is 3.70. The average molecular weight is 491 g/mol. The highest BCUT2D eigenvalue weighted by Gasteiger charge is 2.39. The summed E-state index contributed by atoms with van der Waals surface area (Å²) in [5, 5.41) is 12.9. The number of fused-ring (bicyclic) bond motifs is 1. The van der Waals surface area contributed by atoms with Crippen LogP contribution in [0.15, 0.2) is 46.1 Å². The van der Waals surface area contributed by atoms with Crippen LogP contribution in [-0.2, 0) is 13.2 Å². The monoisotopic (exact) mass is 491 g/mol. The molecule has 0 bridgehead atoms. The average Bonchev–Trinajstić information content (AvgIpc) is 3.14. The zero-order valence-electron chi connectivity index (χ0n) is 19.0. The Morgan fingerprint density at radius 3 is 2.43 bits per heavy atom. The van der Waals surface area contributed by atoms with Crippen LogP contribution in [0.5, 0.6) is 0 Å². The van der Waals surface area contributed by atoms with Gasteiger partial charge in [-0.2, -0.15) is 17.9 Å². The van der Waals surface area contributed by atoms with E-state index in [1.807, 2.05) is 0 Å². The van der Waals surface area contributed by atoms with Gasteiger partial charge in [0.2, 0.25) is 0 Å². The van der Waals surface area contributed by atoms with Crippen molar-refractivity contribution >= 4 is 10.9 Å². The molecule has 0 radical (unpaired) electrons. The molecule has 184 valence electrons. The summed E-state index contributed by atoms with van der Waals surface area (Å²) in [6, 6.07) is 7.36. The van der Waals surface area contributed by atoms with Crippen LogP contribution in [0.3, 0.4) is 0 Å². The highest BCUT2D eigenvalue weighted by molar-refractivity contribution is 5.83. The van der Waals surface area contributed by atoms with Crippen molar-refractivity contribution in [2.45, 2.75) is 46.0 Å². The van der Waals surface area contributed by atoms with Crippen LogP contribution < -0.4 is 11.2 Å². The largest absolute Gasteiger partial charge is 0.395 e. The second kappa shape index (κ2) is 8.77. The fraction of sp³-hybridized carbons (Fsp3) is 0.304. The van der Waals surface area contributed by atoms with E-state index < -0.39 is 47.1 Å². The minimum Gasteiger partial charge on any atom is -0.388 e. The molecule has 8 nitrogen and oxygen atoms in total. The van der Waals surface area contributed by atoms with Gasteiger partial charge in [-0.25, -0.2) is 14.2 Å².